The first-order valence-electron chi connectivity index (χ1n) is 8.36. The molecule has 140 valence electrons. The normalized spacial score (nSPS) is 10.8. The zero-order chi connectivity index (χ0) is 19.2. The number of aromatic nitrogens is 1. The van der Waals surface area contributed by atoms with E-state index in [1.165, 1.54) is 0 Å². The minimum atomic E-state index is -0.0843. The summed E-state index contributed by atoms with van der Waals surface area (Å²) in [4.78, 5) is 18.8. The van der Waals surface area contributed by atoms with Crippen molar-refractivity contribution in [2.75, 3.05) is 26.0 Å². The van der Waals surface area contributed by atoms with Crippen molar-refractivity contribution in [3.05, 3.63) is 64.6 Å². The number of hydrogen-bond donors (Lipinski definition) is 1. The molecule has 1 N–H and O–H groups in total. The fourth-order valence-electron chi connectivity index (χ4n) is 2.58. The number of nitrogens with one attached hydrogen (secondary N) is 1. The van der Waals surface area contributed by atoms with Gasteiger partial charge >= 0.3 is 0 Å². The molecular formula is C20H20ClN3O2S. The molecule has 2 aromatic carbocycles. The molecule has 0 saturated heterocycles. The van der Waals surface area contributed by atoms with Crippen molar-refractivity contribution in [3.8, 4) is 16.3 Å². The number of methoxy groups -OCH3 is 1. The second-order valence-corrected chi connectivity index (χ2v) is 7.40. The summed E-state index contributed by atoms with van der Waals surface area (Å²) in [5.41, 5.74) is 2.68. The second-order valence-electron chi connectivity index (χ2n) is 6.10. The molecule has 0 spiro atoms. The third-order valence-corrected chi connectivity index (χ3v) is 5.03. The van der Waals surface area contributed by atoms with Gasteiger partial charge in [-0.05, 0) is 31.3 Å². The highest BCUT2D eigenvalue weighted by Gasteiger charge is 2.11. The fourth-order valence-corrected chi connectivity index (χ4v) is 3.53. The molecule has 27 heavy (non-hydrogen) atoms. The number of benzene rings is 2. The maximum Gasteiger partial charge on any atom is 0.238 e. The molecule has 0 fully saturated rings. The van der Waals surface area contributed by atoms with Gasteiger partial charge in [0.25, 0.3) is 0 Å². The Bertz CT molecular complexity index is 912. The van der Waals surface area contributed by atoms with Gasteiger partial charge in [0.2, 0.25) is 5.91 Å². The van der Waals surface area contributed by atoms with Crippen LogP contribution in [0.4, 0.5) is 5.69 Å². The Morgan fingerprint density at radius 1 is 1.26 bits per heavy atom. The number of hydrogen-bond acceptors (Lipinski definition) is 5. The van der Waals surface area contributed by atoms with Crippen LogP contribution < -0.4 is 10.1 Å². The van der Waals surface area contributed by atoms with Crippen LogP contribution >= 0.6 is 22.9 Å². The number of rotatable bonds is 7. The van der Waals surface area contributed by atoms with Gasteiger partial charge in [-0.25, -0.2) is 4.98 Å². The first-order chi connectivity index (χ1) is 13.0. The van der Waals surface area contributed by atoms with E-state index in [-0.39, 0.29) is 12.5 Å². The first-order valence-corrected chi connectivity index (χ1v) is 9.62. The maximum absolute atomic E-state index is 12.2. The standard InChI is InChI=1S/C20H20ClN3O2S/c1-24(12-19(25)22-16-4-3-5-18(10-16)26-2)11-17-13-27-20(23-17)14-6-8-15(21)9-7-14/h3-10,13H,11-12H2,1-2H3,(H,22,25). The number of likely N-dealkylation sites (N-methyl/N-ethyl adjacent to an activating group) is 1. The van der Waals surface area contributed by atoms with Gasteiger partial charge in [-0.2, -0.15) is 0 Å². The number of nitrogens with zero attached hydrogens (tertiary/aromatic N) is 2. The Labute approximate surface area is 167 Å². The zero-order valence-corrected chi connectivity index (χ0v) is 16.7. The molecule has 5 nitrogen and oxygen atoms in total. The SMILES string of the molecule is COc1cccc(NC(=O)CN(C)Cc2csc(-c3ccc(Cl)cc3)n2)c1. The minimum absolute atomic E-state index is 0.0843. The van der Waals surface area contributed by atoms with Crippen LogP contribution in [0.2, 0.25) is 5.02 Å². The van der Waals surface area contributed by atoms with Crippen molar-refractivity contribution >= 4 is 34.5 Å². The van der Waals surface area contributed by atoms with Crippen molar-refractivity contribution in [1.29, 1.82) is 0 Å². The van der Waals surface area contributed by atoms with Crippen LogP contribution in [0.5, 0.6) is 5.75 Å². The quantitative estimate of drug-likeness (QED) is 0.631. The van der Waals surface area contributed by atoms with E-state index >= 15 is 0 Å². The predicted octanol–water partition coefficient (Wildman–Crippen LogP) is 4.54. The molecule has 0 aliphatic rings. The van der Waals surface area contributed by atoms with Gasteiger partial charge in [0, 0.05) is 34.3 Å². The number of halogens is 1. The van der Waals surface area contributed by atoms with Crippen LogP contribution in [0.25, 0.3) is 10.6 Å². The van der Waals surface area contributed by atoms with Crippen LogP contribution in [-0.4, -0.2) is 36.5 Å². The molecule has 0 saturated carbocycles. The van der Waals surface area contributed by atoms with E-state index in [1.54, 1.807) is 24.5 Å². The summed E-state index contributed by atoms with van der Waals surface area (Å²) in [7, 11) is 3.49. The smallest absolute Gasteiger partial charge is 0.238 e. The van der Waals surface area contributed by atoms with Gasteiger partial charge < -0.3 is 10.1 Å². The molecular weight excluding hydrogens is 382 g/mol. The Morgan fingerprint density at radius 2 is 2.04 bits per heavy atom. The van der Waals surface area contributed by atoms with Gasteiger partial charge in [-0.15, -0.1) is 11.3 Å². The minimum Gasteiger partial charge on any atom is -0.497 e. The van der Waals surface area contributed by atoms with Crippen molar-refractivity contribution in [2.24, 2.45) is 0 Å². The zero-order valence-electron chi connectivity index (χ0n) is 15.1. The van der Waals surface area contributed by atoms with E-state index in [1.807, 2.05) is 59.8 Å². The summed E-state index contributed by atoms with van der Waals surface area (Å²) >= 11 is 7.51. The number of amides is 1. The molecule has 0 radical (unpaired) electrons. The number of carbonyl (C=O) groups excluding carboxylic acids is 1. The Hall–Kier alpha value is -2.41. The molecule has 1 aromatic heterocycles. The highest BCUT2D eigenvalue weighted by molar-refractivity contribution is 7.13. The van der Waals surface area contributed by atoms with Gasteiger partial charge in [-0.1, -0.05) is 29.8 Å². The van der Waals surface area contributed by atoms with Crippen molar-refractivity contribution in [1.82, 2.24) is 9.88 Å². The number of carbonyl (C=O) groups is 1. The maximum atomic E-state index is 12.2. The average Bonchev–Trinajstić information content (AvgIpc) is 3.10. The van der Waals surface area contributed by atoms with E-state index < -0.39 is 0 Å². The first kappa shape index (κ1) is 19.4. The predicted molar refractivity (Wildman–Crippen MR) is 111 cm³/mol. The largest absolute Gasteiger partial charge is 0.497 e. The molecule has 1 heterocycles. The highest BCUT2D eigenvalue weighted by Crippen LogP contribution is 2.25. The Balaban J connectivity index is 1.55. The van der Waals surface area contributed by atoms with Crippen LogP contribution in [0, 0.1) is 0 Å². The number of thiazole rings is 1. The summed E-state index contributed by atoms with van der Waals surface area (Å²) in [5, 5.41) is 6.54. The molecule has 7 heteroatoms. The fraction of sp³-hybridized carbons (Fsp3) is 0.200. The molecule has 0 bridgehead atoms. The monoisotopic (exact) mass is 401 g/mol. The molecule has 0 aliphatic heterocycles. The van der Waals surface area contributed by atoms with Gasteiger partial charge in [0.1, 0.15) is 10.8 Å². The lowest BCUT2D eigenvalue weighted by Gasteiger charge is -2.15. The molecule has 0 unspecified atom stereocenters. The summed E-state index contributed by atoms with van der Waals surface area (Å²) in [5.74, 6) is 0.622. The summed E-state index contributed by atoms with van der Waals surface area (Å²) in [6.07, 6.45) is 0. The van der Waals surface area contributed by atoms with E-state index in [2.05, 4.69) is 10.3 Å². The lowest BCUT2D eigenvalue weighted by molar-refractivity contribution is -0.117. The van der Waals surface area contributed by atoms with Gasteiger partial charge in [-0.3, -0.25) is 9.69 Å². The van der Waals surface area contributed by atoms with E-state index in [4.69, 9.17) is 16.3 Å². The lowest BCUT2D eigenvalue weighted by atomic mass is 10.2. The molecule has 1 amide bonds. The second kappa shape index (κ2) is 8.99. The van der Waals surface area contributed by atoms with Crippen LogP contribution in [0.1, 0.15) is 5.69 Å². The third-order valence-electron chi connectivity index (χ3n) is 3.84. The van der Waals surface area contributed by atoms with Crippen LogP contribution in [-0.2, 0) is 11.3 Å². The Kier molecular flexibility index (Phi) is 6.45. The van der Waals surface area contributed by atoms with Crippen molar-refractivity contribution < 1.29 is 9.53 Å². The molecule has 3 rings (SSSR count). The topological polar surface area (TPSA) is 54.5 Å². The summed E-state index contributed by atoms with van der Waals surface area (Å²) < 4.78 is 5.17. The van der Waals surface area contributed by atoms with Crippen LogP contribution in [0.15, 0.2) is 53.9 Å². The summed E-state index contributed by atoms with van der Waals surface area (Å²) in [6.45, 7) is 0.862. The molecule has 3 aromatic rings. The van der Waals surface area contributed by atoms with Crippen molar-refractivity contribution in [2.45, 2.75) is 6.54 Å². The van der Waals surface area contributed by atoms with E-state index in [0.717, 1.165) is 16.3 Å². The molecule has 0 atom stereocenters. The van der Waals surface area contributed by atoms with Gasteiger partial charge in [0.15, 0.2) is 0 Å². The summed E-state index contributed by atoms with van der Waals surface area (Å²) in [6, 6.07) is 14.9. The van der Waals surface area contributed by atoms with Gasteiger partial charge in [0.05, 0.1) is 19.3 Å². The van der Waals surface area contributed by atoms with Crippen molar-refractivity contribution in [3.63, 3.8) is 0 Å². The van der Waals surface area contributed by atoms with Crippen LogP contribution in [0.3, 0.4) is 0 Å². The third kappa shape index (κ3) is 5.53. The van der Waals surface area contributed by atoms with E-state index in [0.29, 0.717) is 23.0 Å². The Morgan fingerprint density at radius 3 is 2.78 bits per heavy atom. The highest BCUT2D eigenvalue weighted by atomic mass is 35.5. The lowest BCUT2D eigenvalue weighted by Crippen LogP contribution is -2.29. The number of ether oxygens (including phenoxy) is 1. The average molecular weight is 402 g/mol. The number of anilines is 1. The van der Waals surface area contributed by atoms with E-state index in [9.17, 15) is 4.79 Å². The molecule has 0 aliphatic carbocycles.